The Bertz CT molecular complexity index is 1170. The van der Waals surface area contributed by atoms with Gasteiger partial charge in [0.1, 0.15) is 17.1 Å². The molecule has 0 spiro atoms. The molecule has 0 saturated carbocycles. The molecule has 0 unspecified atom stereocenters. The lowest BCUT2D eigenvalue weighted by atomic mass is 9.81. The van der Waals surface area contributed by atoms with Crippen LogP contribution in [0.4, 0.5) is 17.1 Å². The molecular formula is C20H12N2O6. The van der Waals surface area contributed by atoms with Gasteiger partial charge in [-0.3, -0.25) is 19.7 Å². The average Bonchev–Trinajstić information content (AvgIpc) is 2.68. The van der Waals surface area contributed by atoms with Gasteiger partial charge in [-0.25, -0.2) is 0 Å². The van der Waals surface area contributed by atoms with E-state index < -0.39 is 39.1 Å². The molecule has 3 aromatic carbocycles. The van der Waals surface area contributed by atoms with E-state index in [1.54, 1.807) is 30.3 Å². The number of hydrogen-bond donors (Lipinski definition) is 3. The maximum absolute atomic E-state index is 13.2. The Balaban J connectivity index is 1.99. The van der Waals surface area contributed by atoms with E-state index in [-0.39, 0.29) is 22.6 Å². The summed E-state index contributed by atoms with van der Waals surface area (Å²) in [6, 6.07) is 13.1. The fourth-order valence-electron chi connectivity index (χ4n) is 3.26. The Morgan fingerprint density at radius 2 is 1.46 bits per heavy atom. The quantitative estimate of drug-likeness (QED) is 0.283. The van der Waals surface area contributed by atoms with Crippen molar-refractivity contribution in [2.75, 3.05) is 5.32 Å². The Morgan fingerprint density at radius 1 is 0.786 bits per heavy atom. The zero-order chi connectivity index (χ0) is 20.0. The summed E-state index contributed by atoms with van der Waals surface area (Å²) in [4.78, 5) is 36.7. The Hall–Kier alpha value is -4.20. The first-order valence-corrected chi connectivity index (χ1v) is 8.18. The lowest BCUT2D eigenvalue weighted by molar-refractivity contribution is -0.385. The summed E-state index contributed by atoms with van der Waals surface area (Å²) in [5.41, 5.74) is -1.24. The molecule has 0 fully saturated rings. The van der Waals surface area contributed by atoms with Gasteiger partial charge in [0.2, 0.25) is 5.78 Å². The van der Waals surface area contributed by atoms with Gasteiger partial charge in [0.15, 0.2) is 5.78 Å². The fraction of sp³-hybridized carbons (Fsp3) is 0. The highest BCUT2D eigenvalue weighted by Gasteiger charge is 2.39. The number of ketones is 2. The van der Waals surface area contributed by atoms with E-state index in [1.807, 2.05) is 0 Å². The number of nitrogens with zero attached hydrogens (tertiary/aromatic N) is 1. The van der Waals surface area contributed by atoms with Gasteiger partial charge < -0.3 is 15.5 Å². The maximum atomic E-state index is 13.2. The second kappa shape index (κ2) is 6.20. The number of rotatable bonds is 3. The van der Waals surface area contributed by atoms with Gasteiger partial charge in [0, 0.05) is 17.3 Å². The van der Waals surface area contributed by atoms with Crippen molar-refractivity contribution in [1.82, 2.24) is 0 Å². The molecule has 28 heavy (non-hydrogen) atoms. The predicted molar refractivity (Wildman–Crippen MR) is 99.5 cm³/mol. The van der Waals surface area contributed by atoms with Crippen molar-refractivity contribution in [3.05, 3.63) is 87.0 Å². The van der Waals surface area contributed by atoms with E-state index in [4.69, 9.17) is 0 Å². The molecule has 0 aliphatic heterocycles. The minimum absolute atomic E-state index is 0.0367. The second-order valence-corrected chi connectivity index (χ2v) is 6.14. The van der Waals surface area contributed by atoms with Crippen LogP contribution < -0.4 is 5.32 Å². The number of nitrogens with one attached hydrogen (secondary N) is 1. The first-order valence-electron chi connectivity index (χ1n) is 8.18. The fourth-order valence-corrected chi connectivity index (χ4v) is 3.26. The number of carbonyl (C=O) groups excluding carboxylic acids is 2. The summed E-state index contributed by atoms with van der Waals surface area (Å²) in [5.74, 6) is -2.38. The van der Waals surface area contributed by atoms with Gasteiger partial charge in [0.05, 0.1) is 21.7 Å². The number of nitro groups is 1. The molecule has 3 aromatic rings. The van der Waals surface area contributed by atoms with Crippen LogP contribution >= 0.6 is 0 Å². The van der Waals surface area contributed by atoms with Crippen LogP contribution in [0.2, 0.25) is 0 Å². The molecule has 4 rings (SSSR count). The average molecular weight is 376 g/mol. The highest BCUT2D eigenvalue weighted by Crippen LogP contribution is 2.43. The lowest BCUT2D eigenvalue weighted by Gasteiger charge is -2.22. The van der Waals surface area contributed by atoms with Crippen molar-refractivity contribution in [3.8, 4) is 11.5 Å². The standard InChI is InChI=1S/C20H12N2O6/c23-13-9-7-12(22(27)28)16-17(13)19(25)11-6-8-14(24)18(15(11)20(16)26)21-10-4-2-1-3-5-10/h1-9,21,23-24H. The molecule has 0 bridgehead atoms. The van der Waals surface area contributed by atoms with E-state index in [0.717, 1.165) is 12.1 Å². The van der Waals surface area contributed by atoms with Crippen molar-refractivity contribution in [1.29, 1.82) is 0 Å². The van der Waals surface area contributed by atoms with E-state index in [0.29, 0.717) is 5.69 Å². The molecule has 8 nitrogen and oxygen atoms in total. The topological polar surface area (TPSA) is 130 Å². The van der Waals surface area contributed by atoms with Gasteiger partial charge >= 0.3 is 0 Å². The van der Waals surface area contributed by atoms with E-state index in [9.17, 15) is 29.9 Å². The number of nitro benzene ring substituents is 1. The monoisotopic (exact) mass is 376 g/mol. The molecule has 1 aliphatic rings. The van der Waals surface area contributed by atoms with Crippen molar-refractivity contribution in [3.63, 3.8) is 0 Å². The number of aromatic hydroxyl groups is 2. The SMILES string of the molecule is O=C1c2ccc(O)c(Nc3ccccc3)c2C(=O)c2c([N+](=O)[O-])ccc(O)c21. The van der Waals surface area contributed by atoms with Crippen molar-refractivity contribution < 1.29 is 24.7 Å². The summed E-state index contributed by atoms with van der Waals surface area (Å²) in [6.45, 7) is 0. The van der Waals surface area contributed by atoms with Crippen LogP contribution in [0.5, 0.6) is 11.5 Å². The smallest absolute Gasteiger partial charge is 0.281 e. The van der Waals surface area contributed by atoms with Crippen molar-refractivity contribution in [2.24, 2.45) is 0 Å². The van der Waals surface area contributed by atoms with Crippen LogP contribution in [0, 0.1) is 10.1 Å². The summed E-state index contributed by atoms with van der Waals surface area (Å²) in [5, 5.41) is 34.7. The van der Waals surface area contributed by atoms with E-state index >= 15 is 0 Å². The maximum Gasteiger partial charge on any atom is 0.281 e. The van der Waals surface area contributed by atoms with Crippen LogP contribution in [-0.4, -0.2) is 26.7 Å². The first-order chi connectivity index (χ1) is 13.4. The highest BCUT2D eigenvalue weighted by molar-refractivity contribution is 6.32. The molecule has 0 heterocycles. The zero-order valence-electron chi connectivity index (χ0n) is 14.2. The Morgan fingerprint density at radius 3 is 2.14 bits per heavy atom. The summed E-state index contributed by atoms with van der Waals surface area (Å²) < 4.78 is 0. The van der Waals surface area contributed by atoms with E-state index in [2.05, 4.69) is 5.32 Å². The molecule has 8 heteroatoms. The second-order valence-electron chi connectivity index (χ2n) is 6.14. The minimum atomic E-state index is -0.832. The van der Waals surface area contributed by atoms with Crippen LogP contribution in [0.25, 0.3) is 0 Å². The number of para-hydroxylation sites is 1. The van der Waals surface area contributed by atoms with Gasteiger partial charge in [0.25, 0.3) is 5.69 Å². The molecule has 138 valence electrons. The van der Waals surface area contributed by atoms with Crippen molar-refractivity contribution >= 4 is 28.6 Å². The van der Waals surface area contributed by atoms with Gasteiger partial charge in [-0.2, -0.15) is 0 Å². The number of benzene rings is 3. The van der Waals surface area contributed by atoms with Gasteiger partial charge in [-0.15, -0.1) is 0 Å². The molecule has 1 aliphatic carbocycles. The van der Waals surface area contributed by atoms with Crippen LogP contribution in [0.3, 0.4) is 0 Å². The number of hydrogen-bond acceptors (Lipinski definition) is 7. The predicted octanol–water partition coefficient (Wildman–Crippen LogP) is 3.53. The third kappa shape index (κ3) is 2.47. The third-order valence-corrected chi connectivity index (χ3v) is 4.51. The first kappa shape index (κ1) is 17.2. The largest absolute Gasteiger partial charge is 0.507 e. The molecule has 0 aromatic heterocycles. The Labute approximate surface area is 157 Å². The molecular weight excluding hydrogens is 364 g/mol. The molecule has 0 atom stereocenters. The summed E-state index contributed by atoms with van der Waals surface area (Å²) >= 11 is 0. The third-order valence-electron chi connectivity index (χ3n) is 4.51. The highest BCUT2D eigenvalue weighted by atomic mass is 16.6. The van der Waals surface area contributed by atoms with Gasteiger partial charge in [-0.1, -0.05) is 18.2 Å². The number of phenolic OH excluding ortho intramolecular Hbond substituents is 2. The number of anilines is 2. The molecule has 0 amide bonds. The number of fused-ring (bicyclic) bond motifs is 2. The molecule has 3 N–H and O–H groups in total. The minimum Gasteiger partial charge on any atom is -0.507 e. The van der Waals surface area contributed by atoms with Crippen LogP contribution in [0.15, 0.2) is 54.6 Å². The van der Waals surface area contributed by atoms with Gasteiger partial charge in [-0.05, 0) is 30.3 Å². The lowest BCUT2D eigenvalue weighted by Crippen LogP contribution is -2.23. The summed E-state index contributed by atoms with van der Waals surface area (Å²) in [7, 11) is 0. The van der Waals surface area contributed by atoms with Crippen LogP contribution in [-0.2, 0) is 0 Å². The Kier molecular flexibility index (Phi) is 3.82. The zero-order valence-corrected chi connectivity index (χ0v) is 14.2. The van der Waals surface area contributed by atoms with E-state index in [1.165, 1.54) is 12.1 Å². The molecule has 0 radical (unpaired) electrons. The normalized spacial score (nSPS) is 12.3. The van der Waals surface area contributed by atoms with Crippen LogP contribution in [0.1, 0.15) is 31.8 Å². The number of phenols is 2. The molecule has 0 saturated heterocycles. The van der Waals surface area contributed by atoms with Crippen molar-refractivity contribution in [2.45, 2.75) is 0 Å². The summed E-state index contributed by atoms with van der Waals surface area (Å²) in [6.07, 6.45) is 0. The number of carbonyl (C=O) groups is 2.